The minimum Gasteiger partial charge on any atom is -0.387 e. The largest absolute Gasteiger partial charge is 0.387 e. The Morgan fingerprint density at radius 1 is 1.25 bits per heavy atom. The summed E-state index contributed by atoms with van der Waals surface area (Å²) in [5.74, 6) is 2.10. The number of nitrogens with one attached hydrogen (secondary N) is 1. The molecule has 28 heavy (non-hydrogen) atoms. The van der Waals surface area contributed by atoms with Crippen LogP contribution in [-0.2, 0) is 4.79 Å². The van der Waals surface area contributed by atoms with Crippen LogP contribution in [0.5, 0.6) is 0 Å². The van der Waals surface area contributed by atoms with Crippen molar-refractivity contribution in [3.05, 3.63) is 48.3 Å². The number of hydrogen-bond donors (Lipinski definition) is 2. The van der Waals surface area contributed by atoms with E-state index in [-0.39, 0.29) is 12.0 Å². The summed E-state index contributed by atoms with van der Waals surface area (Å²) >= 11 is 0. The van der Waals surface area contributed by atoms with E-state index >= 15 is 0 Å². The third-order valence-electron chi connectivity index (χ3n) is 5.47. The van der Waals surface area contributed by atoms with Gasteiger partial charge in [-0.1, -0.05) is 30.3 Å². The van der Waals surface area contributed by atoms with E-state index in [9.17, 15) is 9.90 Å². The topological polar surface area (TPSA) is 81.6 Å². The lowest BCUT2D eigenvalue weighted by Gasteiger charge is -2.40. The van der Waals surface area contributed by atoms with Crippen LogP contribution in [0.3, 0.4) is 0 Å². The minimum atomic E-state index is -0.600. The Hall–Kier alpha value is -2.67. The van der Waals surface area contributed by atoms with E-state index in [1.165, 1.54) is 0 Å². The summed E-state index contributed by atoms with van der Waals surface area (Å²) in [5.41, 5.74) is 0.870. The molecule has 2 aliphatic rings. The van der Waals surface area contributed by atoms with Crippen molar-refractivity contribution in [1.82, 2.24) is 14.9 Å². The van der Waals surface area contributed by atoms with Gasteiger partial charge in [0.2, 0.25) is 5.91 Å². The summed E-state index contributed by atoms with van der Waals surface area (Å²) in [6.07, 6.45) is 3.03. The molecule has 2 N–H and O–H groups in total. The molecule has 2 fully saturated rings. The minimum absolute atomic E-state index is 0.174. The van der Waals surface area contributed by atoms with Crippen LogP contribution in [0.15, 0.2) is 42.7 Å². The molecule has 1 aliphatic carbocycles. The lowest BCUT2D eigenvalue weighted by molar-refractivity contribution is -0.134. The molecule has 4 rings (SSSR count). The highest BCUT2D eigenvalue weighted by Gasteiger charge is 2.37. The number of piperazine rings is 1. The van der Waals surface area contributed by atoms with Crippen molar-refractivity contribution in [2.24, 2.45) is 5.92 Å². The number of aliphatic hydroxyl groups excluding tert-OH is 1. The van der Waals surface area contributed by atoms with Crippen LogP contribution in [0.2, 0.25) is 0 Å². The maximum absolute atomic E-state index is 12.4. The first-order valence-electron chi connectivity index (χ1n) is 9.96. The highest BCUT2D eigenvalue weighted by atomic mass is 16.3. The number of anilines is 2. The Balaban J connectivity index is 1.35. The molecular weight excluding hydrogens is 354 g/mol. The molecule has 1 unspecified atom stereocenters. The zero-order valence-corrected chi connectivity index (χ0v) is 16.2. The summed E-state index contributed by atoms with van der Waals surface area (Å²) in [5, 5.41) is 13.5. The monoisotopic (exact) mass is 381 g/mol. The van der Waals surface area contributed by atoms with Gasteiger partial charge in [-0.2, -0.15) is 0 Å². The van der Waals surface area contributed by atoms with Crippen LogP contribution in [0.4, 0.5) is 11.6 Å². The molecule has 1 saturated heterocycles. The molecule has 1 aromatic heterocycles. The first-order chi connectivity index (χ1) is 13.6. The van der Waals surface area contributed by atoms with E-state index in [1.54, 1.807) is 6.33 Å². The summed E-state index contributed by atoms with van der Waals surface area (Å²) in [7, 11) is 0. The van der Waals surface area contributed by atoms with E-state index in [2.05, 4.69) is 27.1 Å². The Bertz CT molecular complexity index is 811. The van der Waals surface area contributed by atoms with Gasteiger partial charge < -0.3 is 20.2 Å². The average Bonchev–Trinajstić information content (AvgIpc) is 3.58. The van der Waals surface area contributed by atoms with Crippen molar-refractivity contribution < 1.29 is 9.90 Å². The molecule has 148 valence electrons. The Morgan fingerprint density at radius 3 is 2.75 bits per heavy atom. The molecule has 0 spiro atoms. The molecule has 7 heteroatoms. The smallest absolute Gasteiger partial charge is 0.226 e. The third kappa shape index (κ3) is 4.25. The summed E-state index contributed by atoms with van der Waals surface area (Å²) in [4.78, 5) is 25.3. The van der Waals surface area contributed by atoms with Gasteiger partial charge in [0.1, 0.15) is 18.0 Å². The normalized spacial score (nSPS) is 20.7. The van der Waals surface area contributed by atoms with Crippen LogP contribution < -0.4 is 10.2 Å². The highest BCUT2D eigenvalue weighted by molar-refractivity contribution is 5.81. The number of amides is 1. The third-order valence-corrected chi connectivity index (χ3v) is 5.47. The maximum Gasteiger partial charge on any atom is 0.226 e. The van der Waals surface area contributed by atoms with Crippen LogP contribution in [0.25, 0.3) is 0 Å². The zero-order chi connectivity index (χ0) is 19.5. The fourth-order valence-corrected chi connectivity index (χ4v) is 3.67. The van der Waals surface area contributed by atoms with Crippen molar-refractivity contribution in [1.29, 1.82) is 0 Å². The Morgan fingerprint density at radius 2 is 2.04 bits per heavy atom. The maximum atomic E-state index is 12.4. The average molecular weight is 381 g/mol. The number of carbonyl (C=O) groups excluding carboxylic acids is 1. The van der Waals surface area contributed by atoms with Gasteiger partial charge in [-0.3, -0.25) is 4.79 Å². The SMILES string of the molecule is C[C@@H]1CN(c2cc(NCC(O)c3ccccc3)ncn2)CCN1C(=O)C1CC1. The van der Waals surface area contributed by atoms with Crippen molar-refractivity contribution in [3.8, 4) is 0 Å². The number of aliphatic hydroxyl groups is 1. The second kappa shape index (κ2) is 8.14. The molecule has 0 bridgehead atoms. The molecule has 2 aromatic rings. The fourth-order valence-electron chi connectivity index (χ4n) is 3.67. The summed E-state index contributed by atoms with van der Waals surface area (Å²) in [6.45, 7) is 4.74. The number of rotatable bonds is 6. The van der Waals surface area contributed by atoms with Gasteiger partial charge in [-0.25, -0.2) is 9.97 Å². The van der Waals surface area contributed by atoms with Crippen molar-refractivity contribution in [3.63, 3.8) is 0 Å². The zero-order valence-electron chi connectivity index (χ0n) is 16.2. The number of nitrogens with zero attached hydrogens (tertiary/aromatic N) is 4. The van der Waals surface area contributed by atoms with Gasteiger partial charge in [0.05, 0.1) is 6.10 Å². The highest BCUT2D eigenvalue weighted by Crippen LogP contribution is 2.32. The van der Waals surface area contributed by atoms with Gasteiger partial charge in [0.15, 0.2) is 0 Å². The Labute approximate surface area is 165 Å². The lowest BCUT2D eigenvalue weighted by atomic mass is 10.1. The molecule has 1 amide bonds. The molecule has 1 aromatic carbocycles. The molecule has 0 radical (unpaired) electrons. The van der Waals surface area contributed by atoms with E-state index in [1.807, 2.05) is 41.3 Å². The van der Waals surface area contributed by atoms with Gasteiger partial charge >= 0.3 is 0 Å². The molecular formula is C21H27N5O2. The van der Waals surface area contributed by atoms with E-state index < -0.39 is 6.10 Å². The van der Waals surface area contributed by atoms with Gasteiger partial charge in [-0.05, 0) is 25.3 Å². The van der Waals surface area contributed by atoms with Crippen molar-refractivity contribution >= 4 is 17.5 Å². The van der Waals surface area contributed by atoms with Crippen molar-refractivity contribution in [2.45, 2.75) is 31.9 Å². The van der Waals surface area contributed by atoms with E-state index in [0.29, 0.717) is 18.3 Å². The quantitative estimate of drug-likeness (QED) is 0.797. The standard InChI is InChI=1S/C21H27N5O2/c1-15-13-25(9-10-26(15)21(28)17-7-8-17)20-11-19(23-14-24-20)22-12-18(27)16-5-3-2-4-6-16/h2-6,11,14-15,17-18,27H,7-10,12-13H2,1H3,(H,22,23,24)/t15-,18?/m1/s1. The van der Waals surface area contributed by atoms with Gasteiger partial charge in [0.25, 0.3) is 0 Å². The lowest BCUT2D eigenvalue weighted by Crippen LogP contribution is -2.54. The van der Waals surface area contributed by atoms with Crippen molar-refractivity contribution in [2.75, 3.05) is 36.4 Å². The summed E-state index contributed by atoms with van der Waals surface area (Å²) < 4.78 is 0. The van der Waals surface area contributed by atoms with Crippen LogP contribution in [0.1, 0.15) is 31.4 Å². The first-order valence-corrected chi connectivity index (χ1v) is 9.96. The second-order valence-electron chi connectivity index (χ2n) is 7.67. The van der Waals surface area contributed by atoms with E-state index in [0.717, 1.165) is 43.9 Å². The molecule has 1 saturated carbocycles. The number of carbonyl (C=O) groups is 1. The molecule has 7 nitrogen and oxygen atoms in total. The predicted molar refractivity (Wildman–Crippen MR) is 108 cm³/mol. The van der Waals surface area contributed by atoms with Crippen LogP contribution in [0, 0.1) is 5.92 Å². The Kier molecular flexibility index (Phi) is 5.43. The fraction of sp³-hybridized carbons (Fsp3) is 0.476. The number of benzene rings is 1. The first kappa shape index (κ1) is 18.7. The van der Waals surface area contributed by atoms with E-state index in [4.69, 9.17) is 0 Å². The molecule has 1 aliphatic heterocycles. The second-order valence-corrected chi connectivity index (χ2v) is 7.67. The number of aromatic nitrogens is 2. The van der Waals surface area contributed by atoms with Crippen LogP contribution >= 0.6 is 0 Å². The predicted octanol–water partition coefficient (Wildman–Crippen LogP) is 2.07. The number of hydrogen-bond acceptors (Lipinski definition) is 6. The van der Waals surface area contributed by atoms with Crippen LogP contribution in [-0.4, -0.2) is 58.1 Å². The molecule has 2 atom stereocenters. The summed E-state index contributed by atoms with van der Waals surface area (Å²) in [6, 6.07) is 11.6. The van der Waals surface area contributed by atoms with Gasteiger partial charge in [-0.15, -0.1) is 0 Å². The molecule has 2 heterocycles. The van der Waals surface area contributed by atoms with Gasteiger partial charge in [0, 0.05) is 44.2 Å².